The summed E-state index contributed by atoms with van der Waals surface area (Å²) in [6.45, 7) is 3.78. The van der Waals surface area contributed by atoms with E-state index in [0.717, 1.165) is 24.7 Å². The van der Waals surface area contributed by atoms with Gasteiger partial charge < -0.3 is 9.47 Å². The van der Waals surface area contributed by atoms with Crippen molar-refractivity contribution in [1.29, 1.82) is 0 Å². The van der Waals surface area contributed by atoms with Gasteiger partial charge in [0.1, 0.15) is 12.2 Å². The monoisotopic (exact) mass is 236 g/mol. The molecule has 0 amide bonds. The molecule has 1 heterocycles. The van der Waals surface area contributed by atoms with Crippen LogP contribution < -0.4 is 0 Å². The van der Waals surface area contributed by atoms with Crippen molar-refractivity contribution in [2.75, 3.05) is 0 Å². The van der Waals surface area contributed by atoms with Gasteiger partial charge in [-0.3, -0.25) is 0 Å². The molecule has 1 aliphatic heterocycles. The van der Waals surface area contributed by atoms with Crippen LogP contribution in [-0.4, -0.2) is 18.4 Å². The van der Waals surface area contributed by atoms with E-state index in [1.54, 1.807) is 6.08 Å². The topological polar surface area (TPSA) is 35.5 Å². The Hall–Kier alpha value is -0.990. The van der Waals surface area contributed by atoms with E-state index in [-0.39, 0.29) is 12.2 Å². The van der Waals surface area contributed by atoms with Gasteiger partial charge in [0.05, 0.1) is 0 Å². The molecule has 3 rings (SSSR count). The minimum Gasteiger partial charge on any atom is -0.430 e. The highest BCUT2D eigenvalue weighted by atomic mass is 16.7. The summed E-state index contributed by atoms with van der Waals surface area (Å²) in [6, 6.07) is 0. The number of cyclic esters (lactones) is 1. The molecule has 5 atom stereocenters. The van der Waals surface area contributed by atoms with E-state index in [1.807, 2.05) is 0 Å². The molecular formula is C14H20O3. The lowest BCUT2D eigenvalue weighted by molar-refractivity contribution is -0.121. The molecule has 3 heteroatoms. The maximum atomic E-state index is 11.4. The molecule has 0 aromatic rings. The molecule has 94 valence electrons. The Balaban J connectivity index is 1.77. The number of ether oxygens (including phenoxy) is 2. The van der Waals surface area contributed by atoms with Gasteiger partial charge >= 0.3 is 6.16 Å². The SMILES string of the molecule is C=CC1OC(=O)OC2CC3CCCCC3CC12. The number of fused-ring (bicyclic) bond motifs is 2. The quantitative estimate of drug-likeness (QED) is 0.517. The molecule has 0 N–H and O–H groups in total. The summed E-state index contributed by atoms with van der Waals surface area (Å²) in [5.74, 6) is 1.92. The highest BCUT2D eigenvalue weighted by Crippen LogP contribution is 2.46. The van der Waals surface area contributed by atoms with Crippen LogP contribution in [-0.2, 0) is 9.47 Å². The normalized spacial score (nSPS) is 44.9. The Morgan fingerprint density at radius 3 is 2.53 bits per heavy atom. The molecule has 3 aliphatic rings. The Kier molecular flexibility index (Phi) is 2.85. The van der Waals surface area contributed by atoms with Crippen molar-refractivity contribution in [3.8, 4) is 0 Å². The van der Waals surface area contributed by atoms with Crippen LogP contribution >= 0.6 is 0 Å². The summed E-state index contributed by atoms with van der Waals surface area (Å²) in [4.78, 5) is 11.4. The van der Waals surface area contributed by atoms with Crippen LogP contribution in [0.25, 0.3) is 0 Å². The average molecular weight is 236 g/mol. The number of hydrogen-bond donors (Lipinski definition) is 0. The van der Waals surface area contributed by atoms with E-state index in [0.29, 0.717) is 5.92 Å². The first-order valence-corrected chi connectivity index (χ1v) is 6.77. The highest BCUT2D eigenvalue weighted by Gasteiger charge is 2.46. The Bertz CT molecular complexity index is 325. The van der Waals surface area contributed by atoms with E-state index in [9.17, 15) is 4.79 Å². The molecule has 0 radical (unpaired) electrons. The molecule has 0 bridgehead atoms. The standard InChI is InChI=1S/C14H20O3/c1-2-12-11-7-9-5-3-4-6-10(9)8-13(11)17-14(15)16-12/h2,9-13H,1,3-8H2. The fourth-order valence-electron chi connectivity index (χ4n) is 3.93. The van der Waals surface area contributed by atoms with E-state index in [4.69, 9.17) is 9.47 Å². The Morgan fingerprint density at radius 1 is 1.12 bits per heavy atom. The lowest BCUT2D eigenvalue weighted by Crippen LogP contribution is -2.49. The van der Waals surface area contributed by atoms with E-state index in [1.165, 1.54) is 25.7 Å². The first kappa shape index (κ1) is 11.1. The van der Waals surface area contributed by atoms with Gasteiger partial charge in [0.2, 0.25) is 0 Å². The zero-order valence-corrected chi connectivity index (χ0v) is 10.1. The van der Waals surface area contributed by atoms with Gasteiger partial charge in [0.25, 0.3) is 0 Å². The summed E-state index contributed by atoms with van der Waals surface area (Å²) < 4.78 is 10.6. The van der Waals surface area contributed by atoms with Crippen LogP contribution in [0, 0.1) is 17.8 Å². The zero-order chi connectivity index (χ0) is 11.8. The van der Waals surface area contributed by atoms with Crippen molar-refractivity contribution >= 4 is 6.16 Å². The third kappa shape index (κ3) is 1.96. The van der Waals surface area contributed by atoms with Gasteiger partial charge in [-0.25, -0.2) is 4.79 Å². The summed E-state index contributed by atoms with van der Waals surface area (Å²) >= 11 is 0. The number of hydrogen-bond acceptors (Lipinski definition) is 3. The van der Waals surface area contributed by atoms with Crippen LogP contribution in [0.4, 0.5) is 4.79 Å². The molecule has 2 saturated carbocycles. The van der Waals surface area contributed by atoms with Crippen molar-refractivity contribution in [3.05, 3.63) is 12.7 Å². The van der Waals surface area contributed by atoms with Gasteiger partial charge in [-0.2, -0.15) is 0 Å². The summed E-state index contributed by atoms with van der Waals surface area (Å²) in [5.41, 5.74) is 0. The highest BCUT2D eigenvalue weighted by molar-refractivity contribution is 5.61. The van der Waals surface area contributed by atoms with Gasteiger partial charge in [-0.1, -0.05) is 38.3 Å². The predicted molar refractivity (Wildman–Crippen MR) is 63.5 cm³/mol. The lowest BCUT2D eigenvalue weighted by Gasteiger charge is -2.46. The first-order chi connectivity index (χ1) is 8.28. The molecule has 3 fully saturated rings. The third-order valence-electron chi connectivity index (χ3n) is 4.79. The molecular weight excluding hydrogens is 216 g/mol. The first-order valence-electron chi connectivity index (χ1n) is 6.77. The number of rotatable bonds is 1. The van der Waals surface area contributed by atoms with Crippen molar-refractivity contribution in [2.24, 2.45) is 17.8 Å². The maximum Gasteiger partial charge on any atom is 0.509 e. The molecule has 1 saturated heterocycles. The summed E-state index contributed by atoms with van der Waals surface area (Å²) in [5, 5.41) is 0. The second kappa shape index (κ2) is 4.35. The number of carbonyl (C=O) groups is 1. The van der Waals surface area contributed by atoms with Crippen LogP contribution in [0.1, 0.15) is 38.5 Å². The largest absolute Gasteiger partial charge is 0.509 e. The second-order valence-corrected chi connectivity index (χ2v) is 5.66. The third-order valence-corrected chi connectivity index (χ3v) is 4.79. The van der Waals surface area contributed by atoms with Crippen molar-refractivity contribution in [1.82, 2.24) is 0 Å². The lowest BCUT2D eigenvalue weighted by atomic mass is 9.65. The minimum atomic E-state index is -0.509. The summed E-state index contributed by atoms with van der Waals surface area (Å²) in [7, 11) is 0. The van der Waals surface area contributed by atoms with Gasteiger partial charge in [0, 0.05) is 5.92 Å². The van der Waals surface area contributed by atoms with Crippen molar-refractivity contribution in [3.63, 3.8) is 0 Å². The zero-order valence-electron chi connectivity index (χ0n) is 10.1. The summed E-state index contributed by atoms with van der Waals surface area (Å²) in [6.07, 6.45) is 8.71. The Labute approximate surface area is 102 Å². The van der Waals surface area contributed by atoms with Gasteiger partial charge in [-0.05, 0) is 24.7 Å². The van der Waals surface area contributed by atoms with Crippen LogP contribution in [0.15, 0.2) is 12.7 Å². The van der Waals surface area contributed by atoms with E-state index >= 15 is 0 Å². The molecule has 2 aliphatic carbocycles. The van der Waals surface area contributed by atoms with E-state index in [2.05, 4.69) is 6.58 Å². The fourth-order valence-corrected chi connectivity index (χ4v) is 3.93. The predicted octanol–water partition coefficient (Wildman–Crippen LogP) is 3.29. The van der Waals surface area contributed by atoms with Crippen molar-refractivity contribution < 1.29 is 14.3 Å². The fraction of sp³-hybridized carbons (Fsp3) is 0.786. The van der Waals surface area contributed by atoms with Crippen molar-refractivity contribution in [2.45, 2.75) is 50.7 Å². The minimum absolute atomic E-state index is 0.0681. The Morgan fingerprint density at radius 2 is 1.82 bits per heavy atom. The van der Waals surface area contributed by atoms with Crippen LogP contribution in [0.3, 0.4) is 0 Å². The molecule has 17 heavy (non-hydrogen) atoms. The van der Waals surface area contributed by atoms with Gasteiger partial charge in [-0.15, -0.1) is 0 Å². The van der Waals surface area contributed by atoms with Crippen LogP contribution in [0.5, 0.6) is 0 Å². The smallest absolute Gasteiger partial charge is 0.430 e. The molecule has 0 aromatic carbocycles. The number of carbonyl (C=O) groups excluding carboxylic acids is 1. The van der Waals surface area contributed by atoms with E-state index < -0.39 is 6.16 Å². The molecule has 0 spiro atoms. The average Bonchev–Trinajstić information content (AvgIpc) is 2.35. The maximum absolute atomic E-state index is 11.4. The molecule has 0 aromatic heterocycles. The van der Waals surface area contributed by atoms with Gasteiger partial charge in [0.15, 0.2) is 0 Å². The molecule has 3 nitrogen and oxygen atoms in total. The second-order valence-electron chi connectivity index (χ2n) is 5.66. The molecule has 5 unspecified atom stereocenters. The van der Waals surface area contributed by atoms with Crippen LogP contribution in [0.2, 0.25) is 0 Å².